The molecule has 0 bridgehead atoms. The summed E-state index contributed by atoms with van der Waals surface area (Å²) in [4.78, 5) is 12.7. The minimum atomic E-state index is -0.279. The van der Waals surface area contributed by atoms with Crippen LogP contribution >= 0.6 is 12.2 Å². The van der Waals surface area contributed by atoms with Crippen molar-refractivity contribution in [1.29, 1.82) is 0 Å². The van der Waals surface area contributed by atoms with Gasteiger partial charge in [-0.1, -0.05) is 68.4 Å². The second kappa shape index (κ2) is 10.6. The monoisotopic (exact) mass is 418 g/mol. The number of hydrogen-bond donors (Lipinski definition) is 2. The molecule has 0 aliphatic heterocycles. The van der Waals surface area contributed by atoms with Crippen LogP contribution in [0.25, 0.3) is 0 Å². The Morgan fingerprint density at radius 3 is 2.50 bits per heavy atom. The van der Waals surface area contributed by atoms with E-state index in [1.165, 1.54) is 5.56 Å². The Labute approximate surface area is 183 Å². The number of amides is 1. The maximum absolute atomic E-state index is 12.7. The van der Waals surface area contributed by atoms with E-state index in [2.05, 4.69) is 30.5 Å². The average Bonchev–Trinajstić information content (AvgIpc) is 2.78. The van der Waals surface area contributed by atoms with Gasteiger partial charge in [0.2, 0.25) is 0 Å². The van der Waals surface area contributed by atoms with Crippen LogP contribution in [0, 0.1) is 0 Å². The highest BCUT2D eigenvalue weighted by atomic mass is 32.1. The molecule has 0 spiro atoms. The SMILES string of the molecule is CCC(C)c1ccccc1NC(=S)NC(=O)c1cccc(OCc2ccccc2)c1. The number of hydrogen-bond acceptors (Lipinski definition) is 3. The van der Waals surface area contributed by atoms with Crippen LogP contribution in [0.4, 0.5) is 5.69 Å². The molecule has 5 heteroatoms. The molecule has 1 amide bonds. The molecular formula is C25H26N2O2S. The summed E-state index contributed by atoms with van der Waals surface area (Å²) in [5, 5.41) is 6.18. The van der Waals surface area contributed by atoms with Crippen molar-refractivity contribution in [3.8, 4) is 5.75 Å². The van der Waals surface area contributed by atoms with E-state index in [9.17, 15) is 4.79 Å². The zero-order valence-electron chi connectivity index (χ0n) is 17.2. The minimum absolute atomic E-state index is 0.270. The van der Waals surface area contributed by atoms with E-state index in [0.717, 1.165) is 17.7 Å². The molecular weight excluding hydrogens is 392 g/mol. The Kier molecular flexibility index (Phi) is 7.57. The summed E-state index contributed by atoms with van der Waals surface area (Å²) < 4.78 is 5.81. The second-order valence-electron chi connectivity index (χ2n) is 7.11. The summed E-state index contributed by atoms with van der Waals surface area (Å²) in [7, 11) is 0. The lowest BCUT2D eigenvalue weighted by atomic mass is 9.97. The summed E-state index contributed by atoms with van der Waals surface area (Å²) >= 11 is 5.37. The molecule has 0 heterocycles. The molecule has 3 aromatic carbocycles. The Balaban J connectivity index is 1.61. The van der Waals surface area contributed by atoms with Gasteiger partial charge in [0, 0.05) is 11.3 Å². The molecule has 4 nitrogen and oxygen atoms in total. The van der Waals surface area contributed by atoms with Crippen molar-refractivity contribution < 1.29 is 9.53 Å². The number of ether oxygens (including phenoxy) is 1. The van der Waals surface area contributed by atoms with Gasteiger partial charge in [-0.05, 0) is 59.9 Å². The first kappa shape index (κ1) is 21.5. The van der Waals surface area contributed by atoms with E-state index in [4.69, 9.17) is 17.0 Å². The van der Waals surface area contributed by atoms with Gasteiger partial charge in [-0.2, -0.15) is 0 Å². The Morgan fingerprint density at radius 1 is 1.00 bits per heavy atom. The molecule has 0 saturated heterocycles. The first-order valence-electron chi connectivity index (χ1n) is 10.0. The van der Waals surface area contributed by atoms with Gasteiger partial charge in [-0.3, -0.25) is 10.1 Å². The molecule has 30 heavy (non-hydrogen) atoms. The predicted octanol–water partition coefficient (Wildman–Crippen LogP) is 5.91. The van der Waals surface area contributed by atoms with E-state index in [-0.39, 0.29) is 11.0 Å². The normalized spacial score (nSPS) is 11.4. The van der Waals surface area contributed by atoms with Crippen LogP contribution in [0.15, 0.2) is 78.9 Å². The van der Waals surface area contributed by atoms with Crippen molar-refractivity contribution in [3.05, 3.63) is 95.6 Å². The number of carbonyl (C=O) groups excluding carboxylic acids is 1. The summed E-state index contributed by atoms with van der Waals surface area (Å²) in [5.41, 5.74) is 3.64. The maximum atomic E-state index is 12.7. The Bertz CT molecular complexity index is 1000. The molecule has 154 valence electrons. The smallest absolute Gasteiger partial charge is 0.257 e. The largest absolute Gasteiger partial charge is 0.489 e. The highest BCUT2D eigenvalue weighted by Gasteiger charge is 2.12. The van der Waals surface area contributed by atoms with Crippen LogP contribution in [0.5, 0.6) is 5.75 Å². The van der Waals surface area contributed by atoms with Crippen molar-refractivity contribution in [1.82, 2.24) is 5.32 Å². The highest BCUT2D eigenvalue weighted by molar-refractivity contribution is 7.80. The first-order chi connectivity index (χ1) is 14.6. The predicted molar refractivity (Wildman–Crippen MR) is 126 cm³/mol. The van der Waals surface area contributed by atoms with Crippen LogP contribution in [0.1, 0.15) is 47.7 Å². The number of benzene rings is 3. The van der Waals surface area contributed by atoms with E-state index in [0.29, 0.717) is 23.8 Å². The van der Waals surface area contributed by atoms with E-state index in [1.54, 1.807) is 18.2 Å². The number of thiocarbonyl (C=S) groups is 1. The van der Waals surface area contributed by atoms with Gasteiger partial charge in [0.1, 0.15) is 12.4 Å². The number of rotatable bonds is 7. The fourth-order valence-electron chi connectivity index (χ4n) is 3.06. The van der Waals surface area contributed by atoms with Crippen molar-refractivity contribution >= 4 is 28.9 Å². The van der Waals surface area contributed by atoms with Crippen LogP contribution in [-0.4, -0.2) is 11.0 Å². The highest BCUT2D eigenvalue weighted by Crippen LogP contribution is 2.26. The van der Waals surface area contributed by atoms with Gasteiger partial charge in [0.05, 0.1) is 0 Å². The third-order valence-corrected chi connectivity index (χ3v) is 5.13. The third-order valence-electron chi connectivity index (χ3n) is 4.92. The van der Waals surface area contributed by atoms with Crippen LogP contribution in [-0.2, 0) is 6.61 Å². The molecule has 3 rings (SSSR count). The van der Waals surface area contributed by atoms with Crippen LogP contribution < -0.4 is 15.4 Å². The summed E-state index contributed by atoms with van der Waals surface area (Å²) in [6.07, 6.45) is 1.02. The van der Waals surface area contributed by atoms with Crippen LogP contribution in [0.2, 0.25) is 0 Å². The fraction of sp³-hybridized carbons (Fsp3) is 0.200. The van der Waals surface area contributed by atoms with Gasteiger partial charge in [0.25, 0.3) is 5.91 Å². The number of para-hydroxylation sites is 1. The number of carbonyl (C=O) groups is 1. The van der Waals surface area contributed by atoms with E-state index < -0.39 is 0 Å². The second-order valence-corrected chi connectivity index (χ2v) is 7.52. The van der Waals surface area contributed by atoms with E-state index in [1.807, 2.05) is 54.6 Å². The molecule has 0 aliphatic carbocycles. The zero-order chi connectivity index (χ0) is 21.3. The molecule has 1 atom stereocenters. The lowest BCUT2D eigenvalue weighted by Gasteiger charge is -2.17. The van der Waals surface area contributed by atoms with Gasteiger partial charge in [-0.15, -0.1) is 0 Å². The Morgan fingerprint density at radius 2 is 1.73 bits per heavy atom. The van der Waals surface area contributed by atoms with Crippen LogP contribution in [0.3, 0.4) is 0 Å². The first-order valence-corrected chi connectivity index (χ1v) is 10.5. The molecule has 0 saturated carbocycles. The van der Waals surface area contributed by atoms with Gasteiger partial charge >= 0.3 is 0 Å². The number of nitrogens with one attached hydrogen (secondary N) is 2. The maximum Gasteiger partial charge on any atom is 0.257 e. The summed E-state index contributed by atoms with van der Waals surface area (Å²) in [5.74, 6) is 0.747. The van der Waals surface area contributed by atoms with E-state index >= 15 is 0 Å². The molecule has 0 fully saturated rings. The summed E-state index contributed by atoms with van der Waals surface area (Å²) in [6, 6.07) is 25.0. The van der Waals surface area contributed by atoms with Crippen molar-refractivity contribution in [2.75, 3.05) is 5.32 Å². The van der Waals surface area contributed by atoms with Gasteiger partial charge in [0.15, 0.2) is 5.11 Å². The topological polar surface area (TPSA) is 50.4 Å². The van der Waals surface area contributed by atoms with Gasteiger partial charge < -0.3 is 10.1 Å². The zero-order valence-corrected chi connectivity index (χ0v) is 18.0. The quantitative estimate of drug-likeness (QED) is 0.469. The average molecular weight is 419 g/mol. The standard InChI is InChI=1S/C25H26N2O2S/c1-3-18(2)22-14-7-8-15-23(22)26-25(30)27-24(28)20-12-9-13-21(16-20)29-17-19-10-5-4-6-11-19/h4-16,18H,3,17H2,1-2H3,(H2,26,27,28,30). The van der Waals surface area contributed by atoms with Crippen molar-refractivity contribution in [3.63, 3.8) is 0 Å². The van der Waals surface area contributed by atoms with Crippen molar-refractivity contribution in [2.45, 2.75) is 32.8 Å². The molecule has 3 aromatic rings. The fourth-order valence-corrected chi connectivity index (χ4v) is 3.26. The van der Waals surface area contributed by atoms with Gasteiger partial charge in [-0.25, -0.2) is 0 Å². The van der Waals surface area contributed by atoms with Crippen molar-refractivity contribution in [2.24, 2.45) is 0 Å². The molecule has 2 N–H and O–H groups in total. The minimum Gasteiger partial charge on any atom is -0.489 e. The lowest BCUT2D eigenvalue weighted by molar-refractivity contribution is 0.0977. The Hall–Kier alpha value is -3.18. The molecule has 0 radical (unpaired) electrons. The lowest BCUT2D eigenvalue weighted by Crippen LogP contribution is -2.34. The summed E-state index contributed by atoms with van der Waals surface area (Å²) in [6.45, 7) is 4.76. The molecule has 1 unspecified atom stereocenters. The molecule has 0 aliphatic rings. The third kappa shape index (κ3) is 5.91. The molecule has 0 aromatic heterocycles. The number of anilines is 1.